The molecular weight excluding hydrogens is 373 g/mol. The van der Waals surface area contributed by atoms with E-state index in [0.29, 0.717) is 10.9 Å². The molecule has 0 saturated heterocycles. The largest absolute Gasteiger partial charge is 0.324 e. The molecule has 0 fully saturated rings. The van der Waals surface area contributed by atoms with Crippen molar-refractivity contribution in [1.82, 2.24) is 0 Å². The van der Waals surface area contributed by atoms with Gasteiger partial charge in [-0.05, 0) is 70.2 Å². The van der Waals surface area contributed by atoms with Crippen LogP contribution in [0.4, 0.5) is 4.39 Å². The van der Waals surface area contributed by atoms with Crippen molar-refractivity contribution in [2.75, 3.05) is 0 Å². The highest BCUT2D eigenvalue weighted by Gasteiger charge is 2.10. The number of aryl methyl sites for hydroxylation is 1. The van der Waals surface area contributed by atoms with Crippen molar-refractivity contribution >= 4 is 31.9 Å². The molecule has 2 N–H and O–H groups in total. The van der Waals surface area contributed by atoms with Gasteiger partial charge in [-0.25, -0.2) is 4.39 Å². The third-order valence-electron chi connectivity index (χ3n) is 2.93. The number of hydrogen-bond acceptors (Lipinski definition) is 1. The van der Waals surface area contributed by atoms with E-state index in [9.17, 15) is 4.39 Å². The summed E-state index contributed by atoms with van der Waals surface area (Å²) in [6.45, 7) is 2.04. The summed E-state index contributed by atoms with van der Waals surface area (Å²) in [4.78, 5) is 0. The summed E-state index contributed by atoms with van der Waals surface area (Å²) < 4.78 is 14.7. The lowest BCUT2D eigenvalue weighted by molar-refractivity contribution is 0.618. The molecule has 1 atom stereocenters. The van der Waals surface area contributed by atoms with E-state index in [1.165, 1.54) is 11.6 Å². The van der Waals surface area contributed by atoms with Crippen LogP contribution in [0.1, 0.15) is 22.7 Å². The monoisotopic (exact) mass is 385 g/mol. The molecule has 19 heavy (non-hydrogen) atoms. The van der Waals surface area contributed by atoms with Crippen molar-refractivity contribution in [3.8, 4) is 0 Å². The first kappa shape index (κ1) is 14.7. The topological polar surface area (TPSA) is 26.0 Å². The zero-order valence-electron chi connectivity index (χ0n) is 10.5. The molecule has 0 aliphatic carbocycles. The lowest BCUT2D eigenvalue weighted by atomic mass is 9.98. The Bertz CT molecular complexity index is 578. The van der Waals surface area contributed by atoms with E-state index < -0.39 is 0 Å². The SMILES string of the molecule is Cc1cc(Br)cc(C(N)Cc2ccc(F)c(Br)c2)c1. The van der Waals surface area contributed by atoms with Crippen LogP contribution < -0.4 is 5.73 Å². The molecule has 1 unspecified atom stereocenters. The minimum atomic E-state index is -0.254. The Labute approximate surface area is 129 Å². The van der Waals surface area contributed by atoms with Crippen molar-refractivity contribution in [3.63, 3.8) is 0 Å². The first-order valence-electron chi connectivity index (χ1n) is 5.92. The molecule has 2 aromatic rings. The van der Waals surface area contributed by atoms with E-state index in [4.69, 9.17) is 5.73 Å². The second-order valence-corrected chi connectivity index (χ2v) is 6.39. The molecule has 0 aliphatic rings. The van der Waals surface area contributed by atoms with Crippen molar-refractivity contribution in [3.05, 3.63) is 67.9 Å². The molecule has 0 heterocycles. The summed E-state index contributed by atoms with van der Waals surface area (Å²) in [6, 6.07) is 11.0. The zero-order valence-corrected chi connectivity index (χ0v) is 13.6. The van der Waals surface area contributed by atoms with Gasteiger partial charge in [-0.3, -0.25) is 0 Å². The van der Waals surface area contributed by atoms with Gasteiger partial charge in [0.15, 0.2) is 0 Å². The number of halogens is 3. The van der Waals surface area contributed by atoms with Gasteiger partial charge in [0.05, 0.1) is 4.47 Å². The smallest absolute Gasteiger partial charge is 0.137 e. The van der Waals surface area contributed by atoms with E-state index in [-0.39, 0.29) is 11.9 Å². The zero-order chi connectivity index (χ0) is 14.0. The Morgan fingerprint density at radius 3 is 2.53 bits per heavy atom. The number of hydrogen-bond donors (Lipinski definition) is 1. The second kappa shape index (κ2) is 6.16. The number of benzene rings is 2. The van der Waals surface area contributed by atoms with Crippen LogP contribution >= 0.6 is 31.9 Å². The minimum absolute atomic E-state index is 0.103. The van der Waals surface area contributed by atoms with Crippen molar-refractivity contribution in [1.29, 1.82) is 0 Å². The summed E-state index contributed by atoms with van der Waals surface area (Å²) in [5.74, 6) is -0.254. The Morgan fingerprint density at radius 2 is 1.89 bits per heavy atom. The predicted octanol–water partition coefficient (Wildman–Crippen LogP) is 4.90. The summed E-state index contributed by atoms with van der Waals surface area (Å²) in [5.41, 5.74) is 9.48. The summed E-state index contributed by atoms with van der Waals surface area (Å²) >= 11 is 6.67. The van der Waals surface area contributed by atoms with Crippen LogP contribution in [0, 0.1) is 12.7 Å². The number of rotatable bonds is 3. The maximum atomic E-state index is 13.2. The standard InChI is InChI=1S/C15H14Br2FN/c1-9-4-11(8-12(16)5-9)15(19)7-10-2-3-14(18)13(17)6-10/h2-6,8,15H,7,19H2,1H3. The molecule has 0 amide bonds. The van der Waals surface area contributed by atoms with Crippen LogP contribution in [-0.4, -0.2) is 0 Å². The Hall–Kier alpha value is -0.710. The maximum absolute atomic E-state index is 13.2. The molecule has 0 aliphatic heterocycles. The Kier molecular flexibility index (Phi) is 4.76. The highest BCUT2D eigenvalue weighted by molar-refractivity contribution is 9.10. The van der Waals surface area contributed by atoms with Gasteiger partial charge in [-0.15, -0.1) is 0 Å². The third kappa shape index (κ3) is 3.88. The molecule has 4 heteroatoms. The molecule has 2 aromatic carbocycles. The third-order valence-corrected chi connectivity index (χ3v) is 4.00. The fraction of sp³-hybridized carbons (Fsp3) is 0.200. The summed E-state index contributed by atoms with van der Waals surface area (Å²) in [6.07, 6.45) is 0.675. The van der Waals surface area contributed by atoms with Gasteiger partial charge in [0.1, 0.15) is 5.82 Å². The van der Waals surface area contributed by atoms with Crippen LogP contribution in [0.25, 0.3) is 0 Å². The van der Waals surface area contributed by atoms with Gasteiger partial charge in [0.2, 0.25) is 0 Å². The molecule has 2 rings (SSSR count). The van der Waals surface area contributed by atoms with E-state index in [2.05, 4.69) is 37.9 Å². The quantitative estimate of drug-likeness (QED) is 0.797. The van der Waals surface area contributed by atoms with Crippen LogP contribution in [0.5, 0.6) is 0 Å². The van der Waals surface area contributed by atoms with E-state index in [1.807, 2.05) is 19.1 Å². The van der Waals surface area contributed by atoms with Crippen molar-refractivity contribution < 1.29 is 4.39 Å². The molecule has 100 valence electrons. The molecule has 0 saturated carbocycles. The van der Waals surface area contributed by atoms with Crippen molar-refractivity contribution in [2.45, 2.75) is 19.4 Å². The maximum Gasteiger partial charge on any atom is 0.137 e. The van der Waals surface area contributed by atoms with Gasteiger partial charge in [0.25, 0.3) is 0 Å². The summed E-state index contributed by atoms with van der Waals surface area (Å²) in [7, 11) is 0. The van der Waals surface area contributed by atoms with Crippen LogP contribution in [-0.2, 0) is 6.42 Å². The lowest BCUT2D eigenvalue weighted by Crippen LogP contribution is -2.13. The second-order valence-electron chi connectivity index (χ2n) is 4.62. The Balaban J connectivity index is 2.20. The molecular formula is C15H14Br2FN. The van der Waals surface area contributed by atoms with E-state index >= 15 is 0 Å². The highest BCUT2D eigenvalue weighted by Crippen LogP contribution is 2.24. The molecule has 1 nitrogen and oxygen atoms in total. The highest BCUT2D eigenvalue weighted by atomic mass is 79.9. The molecule has 0 spiro atoms. The average Bonchev–Trinajstić information content (AvgIpc) is 2.32. The van der Waals surface area contributed by atoms with Gasteiger partial charge in [-0.2, -0.15) is 0 Å². The van der Waals surface area contributed by atoms with Crippen LogP contribution in [0.15, 0.2) is 45.3 Å². The molecule has 0 aromatic heterocycles. The molecule has 0 bridgehead atoms. The molecule has 0 radical (unpaired) electrons. The van der Waals surface area contributed by atoms with Gasteiger partial charge < -0.3 is 5.73 Å². The predicted molar refractivity (Wildman–Crippen MR) is 83.6 cm³/mol. The van der Waals surface area contributed by atoms with Gasteiger partial charge in [0, 0.05) is 10.5 Å². The average molecular weight is 387 g/mol. The summed E-state index contributed by atoms with van der Waals surface area (Å²) in [5, 5.41) is 0. The Morgan fingerprint density at radius 1 is 1.16 bits per heavy atom. The fourth-order valence-electron chi connectivity index (χ4n) is 2.02. The fourth-order valence-corrected chi connectivity index (χ4v) is 3.07. The van der Waals surface area contributed by atoms with E-state index in [1.54, 1.807) is 12.1 Å². The van der Waals surface area contributed by atoms with Crippen molar-refractivity contribution in [2.24, 2.45) is 5.73 Å². The van der Waals surface area contributed by atoms with Gasteiger partial charge in [-0.1, -0.05) is 28.1 Å². The minimum Gasteiger partial charge on any atom is -0.324 e. The van der Waals surface area contributed by atoms with Crippen LogP contribution in [0.2, 0.25) is 0 Å². The van der Waals surface area contributed by atoms with Gasteiger partial charge >= 0.3 is 0 Å². The van der Waals surface area contributed by atoms with E-state index in [0.717, 1.165) is 15.6 Å². The normalized spacial score (nSPS) is 12.5. The lowest BCUT2D eigenvalue weighted by Gasteiger charge is -2.14. The first-order valence-corrected chi connectivity index (χ1v) is 7.51. The van der Waals surface area contributed by atoms with Crippen LogP contribution in [0.3, 0.4) is 0 Å². The number of nitrogens with two attached hydrogens (primary N) is 1. The first-order chi connectivity index (χ1) is 8.95.